The predicted molar refractivity (Wildman–Crippen MR) is 120 cm³/mol. The van der Waals surface area contributed by atoms with Crippen molar-refractivity contribution >= 4 is 39.7 Å². The average Bonchev–Trinajstić information content (AvgIpc) is 2.76. The fourth-order valence-electron chi connectivity index (χ4n) is 2.53. The molecule has 8 heteroatoms. The number of amides is 1. The first kappa shape index (κ1) is 21.8. The fraction of sp³-hybridized carbons (Fsp3) is 0.136. The van der Waals surface area contributed by atoms with Crippen molar-refractivity contribution in [2.24, 2.45) is 5.10 Å². The quantitative estimate of drug-likeness (QED) is 0.348. The molecular weight excluding hydrogens is 470 g/mol. The van der Waals surface area contributed by atoms with Gasteiger partial charge in [0.2, 0.25) is 0 Å². The van der Waals surface area contributed by atoms with E-state index in [0.717, 1.165) is 15.6 Å². The summed E-state index contributed by atoms with van der Waals surface area (Å²) in [5, 5.41) is 4.67. The fourth-order valence-corrected chi connectivity index (χ4v) is 3.15. The molecule has 154 valence electrons. The van der Waals surface area contributed by atoms with Crippen LogP contribution >= 0.6 is 27.5 Å². The first-order chi connectivity index (χ1) is 14.6. The molecule has 0 aliphatic carbocycles. The van der Waals surface area contributed by atoms with Gasteiger partial charge < -0.3 is 9.47 Å². The molecule has 1 amide bonds. The molecule has 0 saturated carbocycles. The second-order valence-corrected chi connectivity index (χ2v) is 7.33. The number of nitrogens with zero attached hydrogens (tertiary/aromatic N) is 2. The highest BCUT2D eigenvalue weighted by Gasteiger charge is 2.11. The van der Waals surface area contributed by atoms with E-state index in [1.165, 1.54) is 6.21 Å². The third-order valence-corrected chi connectivity index (χ3v) is 5.07. The van der Waals surface area contributed by atoms with Crippen molar-refractivity contribution in [3.8, 4) is 11.5 Å². The van der Waals surface area contributed by atoms with Gasteiger partial charge in [-0.15, -0.1) is 0 Å². The molecule has 0 fully saturated rings. The van der Waals surface area contributed by atoms with Crippen LogP contribution in [0.5, 0.6) is 11.5 Å². The lowest BCUT2D eigenvalue weighted by Gasteiger charge is -2.14. The number of pyridine rings is 1. The summed E-state index contributed by atoms with van der Waals surface area (Å²) in [4.78, 5) is 16.0. The molecule has 3 aromatic rings. The molecule has 1 N–H and O–H groups in total. The Balaban J connectivity index is 1.73. The van der Waals surface area contributed by atoms with Gasteiger partial charge in [0.05, 0.1) is 12.8 Å². The number of aromatic nitrogens is 1. The summed E-state index contributed by atoms with van der Waals surface area (Å²) in [7, 11) is 0. The van der Waals surface area contributed by atoms with E-state index in [1.807, 2.05) is 31.2 Å². The van der Waals surface area contributed by atoms with Crippen molar-refractivity contribution in [3.63, 3.8) is 0 Å². The molecule has 1 heterocycles. The Hall–Kier alpha value is -2.90. The van der Waals surface area contributed by atoms with Crippen LogP contribution in [0, 0.1) is 0 Å². The topological polar surface area (TPSA) is 72.8 Å². The molecule has 0 atom stereocenters. The van der Waals surface area contributed by atoms with Gasteiger partial charge in [-0.05, 0) is 53.2 Å². The van der Waals surface area contributed by atoms with Gasteiger partial charge in [-0.25, -0.2) is 5.43 Å². The van der Waals surface area contributed by atoms with Crippen molar-refractivity contribution in [1.82, 2.24) is 10.4 Å². The number of rotatable bonds is 8. The van der Waals surface area contributed by atoms with Gasteiger partial charge in [0.15, 0.2) is 11.5 Å². The van der Waals surface area contributed by atoms with E-state index in [9.17, 15) is 4.79 Å². The number of hydrazone groups is 1. The molecule has 0 aliphatic heterocycles. The van der Waals surface area contributed by atoms with Crippen LogP contribution < -0.4 is 14.9 Å². The average molecular weight is 489 g/mol. The van der Waals surface area contributed by atoms with E-state index in [4.69, 9.17) is 21.1 Å². The third kappa shape index (κ3) is 5.81. The third-order valence-electron chi connectivity index (χ3n) is 4.02. The van der Waals surface area contributed by atoms with Crippen LogP contribution in [0.2, 0.25) is 5.02 Å². The summed E-state index contributed by atoms with van der Waals surface area (Å²) in [5.41, 5.74) is 4.56. The number of benzene rings is 2. The van der Waals surface area contributed by atoms with Crippen LogP contribution in [0.25, 0.3) is 0 Å². The summed E-state index contributed by atoms with van der Waals surface area (Å²) >= 11 is 9.71. The standard InChI is InChI=1S/C22H19BrClN3O3/c1-2-29-20-11-17(13-26-27-22(28)15-7-9-25-10-8-15)18(23)12-21(20)30-14-16-5-3-4-6-19(16)24/h3-13H,2,14H2,1H3,(H,27,28)/b26-13-. The minimum Gasteiger partial charge on any atom is -0.490 e. The molecule has 0 radical (unpaired) electrons. The minimum absolute atomic E-state index is 0.307. The summed E-state index contributed by atoms with van der Waals surface area (Å²) in [5.74, 6) is 0.811. The largest absolute Gasteiger partial charge is 0.490 e. The van der Waals surface area contributed by atoms with Crippen LogP contribution in [0.4, 0.5) is 0 Å². The van der Waals surface area contributed by atoms with E-state index >= 15 is 0 Å². The van der Waals surface area contributed by atoms with Crippen molar-refractivity contribution in [2.75, 3.05) is 6.61 Å². The van der Waals surface area contributed by atoms with E-state index in [2.05, 4.69) is 31.4 Å². The highest BCUT2D eigenvalue weighted by atomic mass is 79.9. The van der Waals surface area contributed by atoms with Crippen molar-refractivity contribution < 1.29 is 14.3 Å². The summed E-state index contributed by atoms with van der Waals surface area (Å²) < 4.78 is 12.4. The van der Waals surface area contributed by atoms with Gasteiger partial charge in [-0.2, -0.15) is 5.10 Å². The molecule has 0 saturated heterocycles. The number of halogens is 2. The Morgan fingerprint density at radius 1 is 1.17 bits per heavy atom. The smallest absolute Gasteiger partial charge is 0.271 e. The second-order valence-electron chi connectivity index (χ2n) is 6.07. The zero-order valence-electron chi connectivity index (χ0n) is 16.1. The molecular formula is C22H19BrClN3O3. The molecule has 0 spiro atoms. The first-order valence-corrected chi connectivity index (χ1v) is 10.3. The molecule has 0 unspecified atom stereocenters. The molecule has 6 nitrogen and oxygen atoms in total. The van der Waals surface area contributed by atoms with Crippen LogP contribution in [0.1, 0.15) is 28.4 Å². The van der Waals surface area contributed by atoms with Crippen molar-refractivity contribution in [3.05, 3.63) is 87.1 Å². The molecule has 1 aromatic heterocycles. The number of hydrogen-bond acceptors (Lipinski definition) is 5. The van der Waals surface area contributed by atoms with Crippen LogP contribution in [-0.4, -0.2) is 23.7 Å². The summed E-state index contributed by atoms with van der Waals surface area (Å²) in [6.07, 6.45) is 4.62. The molecule has 2 aromatic carbocycles. The monoisotopic (exact) mass is 487 g/mol. The molecule has 0 aliphatic rings. The minimum atomic E-state index is -0.325. The Morgan fingerprint density at radius 2 is 1.90 bits per heavy atom. The SMILES string of the molecule is CCOc1cc(/C=N\NC(=O)c2ccncc2)c(Br)cc1OCc1ccccc1Cl. The van der Waals surface area contributed by atoms with Gasteiger partial charge in [0.25, 0.3) is 5.91 Å². The van der Waals surface area contributed by atoms with Gasteiger partial charge in [-0.3, -0.25) is 9.78 Å². The maximum Gasteiger partial charge on any atom is 0.271 e. The van der Waals surface area contributed by atoms with Gasteiger partial charge in [-0.1, -0.05) is 29.8 Å². The van der Waals surface area contributed by atoms with Gasteiger partial charge >= 0.3 is 0 Å². The predicted octanol–water partition coefficient (Wildman–Crippen LogP) is 5.24. The Labute approximate surface area is 188 Å². The molecule has 30 heavy (non-hydrogen) atoms. The highest BCUT2D eigenvalue weighted by Crippen LogP contribution is 2.34. The number of ether oxygens (including phenoxy) is 2. The zero-order chi connectivity index (χ0) is 21.3. The van der Waals surface area contributed by atoms with Crippen LogP contribution in [0.3, 0.4) is 0 Å². The van der Waals surface area contributed by atoms with Gasteiger partial charge in [0.1, 0.15) is 6.61 Å². The first-order valence-electron chi connectivity index (χ1n) is 9.14. The Morgan fingerprint density at radius 3 is 2.63 bits per heavy atom. The maximum atomic E-state index is 12.1. The van der Waals surface area contributed by atoms with Gasteiger partial charge in [0, 0.05) is 38.6 Å². The normalized spacial score (nSPS) is 10.8. The van der Waals surface area contributed by atoms with E-state index in [1.54, 1.807) is 36.7 Å². The summed E-state index contributed by atoms with van der Waals surface area (Å²) in [6, 6.07) is 14.3. The Kier molecular flexibility index (Phi) is 7.82. The Bertz CT molecular complexity index is 1050. The van der Waals surface area contributed by atoms with E-state index in [-0.39, 0.29) is 5.91 Å². The van der Waals surface area contributed by atoms with Crippen LogP contribution in [-0.2, 0) is 6.61 Å². The highest BCUT2D eigenvalue weighted by molar-refractivity contribution is 9.10. The molecule has 0 bridgehead atoms. The number of nitrogens with one attached hydrogen (secondary N) is 1. The number of carbonyl (C=O) groups is 1. The zero-order valence-corrected chi connectivity index (χ0v) is 18.5. The van der Waals surface area contributed by atoms with E-state index < -0.39 is 0 Å². The molecule has 3 rings (SSSR count). The van der Waals surface area contributed by atoms with E-state index in [0.29, 0.717) is 35.3 Å². The van der Waals surface area contributed by atoms with Crippen molar-refractivity contribution in [1.29, 1.82) is 0 Å². The lowest BCUT2D eigenvalue weighted by molar-refractivity contribution is 0.0955. The number of hydrogen-bond donors (Lipinski definition) is 1. The maximum absolute atomic E-state index is 12.1. The lowest BCUT2D eigenvalue weighted by Crippen LogP contribution is -2.17. The van der Waals surface area contributed by atoms with Crippen molar-refractivity contribution in [2.45, 2.75) is 13.5 Å². The summed E-state index contributed by atoms with van der Waals surface area (Å²) in [6.45, 7) is 2.67. The lowest BCUT2D eigenvalue weighted by atomic mass is 10.2. The second kappa shape index (κ2) is 10.8. The number of carbonyl (C=O) groups excluding carboxylic acids is 1. The van der Waals surface area contributed by atoms with Crippen LogP contribution in [0.15, 0.2) is 70.5 Å².